The zero-order chi connectivity index (χ0) is 23.2. The van der Waals surface area contributed by atoms with Crippen molar-refractivity contribution in [2.75, 3.05) is 26.2 Å². The Balaban J connectivity index is 1.64. The van der Waals surface area contributed by atoms with Gasteiger partial charge in [-0.2, -0.15) is 0 Å². The minimum atomic E-state index is -0.349. The van der Waals surface area contributed by atoms with Crippen LogP contribution in [0.2, 0.25) is 0 Å². The molecule has 2 heterocycles. The van der Waals surface area contributed by atoms with Crippen molar-refractivity contribution in [1.29, 1.82) is 0 Å². The van der Waals surface area contributed by atoms with Crippen molar-refractivity contribution in [3.05, 3.63) is 84.2 Å². The van der Waals surface area contributed by atoms with Crippen molar-refractivity contribution in [1.82, 2.24) is 14.8 Å². The molecule has 1 N–H and O–H groups in total. The Morgan fingerprint density at radius 1 is 1.06 bits per heavy atom. The van der Waals surface area contributed by atoms with E-state index in [0.29, 0.717) is 38.2 Å². The third kappa shape index (κ3) is 5.22. The Morgan fingerprint density at radius 2 is 1.82 bits per heavy atom. The molecule has 0 radical (unpaired) electrons. The molecule has 0 saturated carbocycles. The summed E-state index contributed by atoms with van der Waals surface area (Å²) in [6, 6.07) is 19.7. The molecule has 1 atom stereocenters. The van der Waals surface area contributed by atoms with Gasteiger partial charge in [0.25, 0.3) is 5.91 Å². The summed E-state index contributed by atoms with van der Waals surface area (Å²) in [4.78, 5) is 34.2. The highest BCUT2D eigenvalue weighted by atomic mass is 16.3. The normalized spacial score (nSPS) is 16.5. The van der Waals surface area contributed by atoms with Crippen LogP contribution in [0.15, 0.2) is 73.1 Å². The number of aromatic hydroxyl groups is 1. The number of nitrogens with zero attached hydrogens (tertiary/aromatic N) is 3. The monoisotopic (exact) mass is 443 g/mol. The number of rotatable bonds is 6. The maximum absolute atomic E-state index is 13.5. The van der Waals surface area contributed by atoms with Crippen LogP contribution in [-0.2, 0) is 11.2 Å². The van der Waals surface area contributed by atoms with Crippen molar-refractivity contribution in [2.45, 2.75) is 19.8 Å². The lowest BCUT2D eigenvalue weighted by atomic mass is 9.91. The van der Waals surface area contributed by atoms with Gasteiger partial charge < -0.3 is 14.9 Å². The minimum absolute atomic E-state index is 0.0484. The number of aromatic nitrogens is 1. The van der Waals surface area contributed by atoms with Crippen molar-refractivity contribution in [2.24, 2.45) is 5.92 Å². The second-order valence-electron chi connectivity index (χ2n) is 8.43. The van der Waals surface area contributed by atoms with Gasteiger partial charge in [0.05, 0.1) is 17.7 Å². The van der Waals surface area contributed by atoms with Crippen LogP contribution in [0.1, 0.15) is 29.3 Å². The van der Waals surface area contributed by atoms with E-state index < -0.39 is 0 Å². The molecule has 3 aromatic rings. The lowest BCUT2D eigenvalue weighted by Gasteiger charge is -2.24. The lowest BCUT2D eigenvalue weighted by Crippen LogP contribution is -2.38. The molecule has 1 saturated heterocycles. The molecule has 170 valence electrons. The number of pyridine rings is 1. The zero-order valence-corrected chi connectivity index (χ0v) is 18.9. The first-order valence-electron chi connectivity index (χ1n) is 11.4. The van der Waals surface area contributed by atoms with Gasteiger partial charge in [0.1, 0.15) is 5.75 Å². The number of hydrogen-bond acceptors (Lipinski definition) is 4. The van der Waals surface area contributed by atoms with E-state index >= 15 is 0 Å². The van der Waals surface area contributed by atoms with Crippen LogP contribution in [0, 0.1) is 5.92 Å². The number of amides is 2. The molecule has 0 spiro atoms. The fourth-order valence-corrected chi connectivity index (χ4v) is 4.46. The molecule has 6 heteroatoms. The van der Waals surface area contributed by atoms with Crippen molar-refractivity contribution in [3.63, 3.8) is 0 Å². The van der Waals surface area contributed by atoms with Crippen LogP contribution in [0.25, 0.3) is 11.1 Å². The number of hydrogen-bond donors (Lipinski definition) is 1. The summed E-state index contributed by atoms with van der Waals surface area (Å²) in [6.45, 7) is 4.01. The molecule has 0 unspecified atom stereocenters. The standard InChI is InChI=1S/C27H29N3O3/c1-2-12-29-13-14-30(26(32)22-16-24(31)18-28-17-22)19-23(27(29)33)15-21-10-6-7-11-25(21)20-8-4-3-5-9-20/h3-11,16-18,23,31H,2,12-15,19H2,1H3/t23-/m1/s1. The molecule has 0 aliphatic carbocycles. The Kier molecular flexibility index (Phi) is 7.03. The van der Waals surface area contributed by atoms with E-state index in [-0.39, 0.29) is 23.5 Å². The molecule has 2 amide bonds. The molecule has 6 nitrogen and oxygen atoms in total. The van der Waals surface area contributed by atoms with Gasteiger partial charge in [0.2, 0.25) is 5.91 Å². The predicted octanol–water partition coefficient (Wildman–Crippen LogP) is 4.01. The predicted molar refractivity (Wildman–Crippen MR) is 128 cm³/mol. The second-order valence-corrected chi connectivity index (χ2v) is 8.43. The summed E-state index contributed by atoms with van der Waals surface area (Å²) >= 11 is 0. The first-order chi connectivity index (χ1) is 16.1. The number of carbonyl (C=O) groups is 2. The summed E-state index contributed by atoms with van der Waals surface area (Å²) in [6.07, 6.45) is 4.17. The summed E-state index contributed by atoms with van der Waals surface area (Å²) < 4.78 is 0. The van der Waals surface area contributed by atoms with Crippen molar-refractivity contribution < 1.29 is 14.7 Å². The van der Waals surface area contributed by atoms with Crippen molar-refractivity contribution in [3.8, 4) is 16.9 Å². The van der Waals surface area contributed by atoms with Crippen LogP contribution in [0.4, 0.5) is 0 Å². The summed E-state index contributed by atoms with van der Waals surface area (Å²) in [5.74, 6) is -0.527. The Hall–Kier alpha value is -3.67. The summed E-state index contributed by atoms with van der Waals surface area (Å²) in [5.41, 5.74) is 3.63. The van der Waals surface area contributed by atoms with Gasteiger partial charge in [-0.1, -0.05) is 61.5 Å². The molecule has 33 heavy (non-hydrogen) atoms. The largest absolute Gasteiger partial charge is 0.506 e. The smallest absolute Gasteiger partial charge is 0.255 e. The summed E-state index contributed by atoms with van der Waals surface area (Å²) in [5, 5.41) is 9.76. The summed E-state index contributed by atoms with van der Waals surface area (Å²) in [7, 11) is 0. The van der Waals surface area contributed by atoms with E-state index in [2.05, 4.69) is 36.2 Å². The maximum Gasteiger partial charge on any atom is 0.255 e. The molecular weight excluding hydrogens is 414 g/mol. The van der Waals surface area contributed by atoms with Crippen LogP contribution >= 0.6 is 0 Å². The van der Waals surface area contributed by atoms with E-state index in [1.165, 1.54) is 18.5 Å². The van der Waals surface area contributed by atoms with Gasteiger partial charge in [-0.15, -0.1) is 0 Å². The molecule has 1 aliphatic heterocycles. The quantitative estimate of drug-likeness (QED) is 0.625. The third-order valence-corrected chi connectivity index (χ3v) is 6.06. The first-order valence-corrected chi connectivity index (χ1v) is 11.4. The average Bonchev–Trinajstić information content (AvgIpc) is 2.99. The Bertz CT molecular complexity index is 1120. The molecule has 2 aromatic carbocycles. The van der Waals surface area contributed by atoms with E-state index in [9.17, 15) is 14.7 Å². The van der Waals surface area contributed by atoms with E-state index in [0.717, 1.165) is 23.1 Å². The average molecular weight is 444 g/mol. The number of benzene rings is 2. The topological polar surface area (TPSA) is 73.7 Å². The molecule has 0 bridgehead atoms. The Morgan fingerprint density at radius 3 is 2.58 bits per heavy atom. The van der Waals surface area contributed by atoms with Crippen molar-refractivity contribution >= 4 is 11.8 Å². The van der Waals surface area contributed by atoms with Crippen LogP contribution in [-0.4, -0.2) is 57.9 Å². The molecule has 1 aromatic heterocycles. The SMILES string of the molecule is CCCN1CCN(C(=O)c2cncc(O)c2)C[C@@H](Cc2ccccc2-c2ccccc2)C1=O. The zero-order valence-electron chi connectivity index (χ0n) is 18.9. The molecule has 1 aliphatic rings. The molecular formula is C27H29N3O3. The second kappa shape index (κ2) is 10.3. The van der Waals surface area contributed by atoms with Gasteiger partial charge in [-0.25, -0.2) is 0 Å². The number of carbonyl (C=O) groups excluding carboxylic acids is 2. The van der Waals surface area contributed by atoms with Gasteiger partial charge in [-0.3, -0.25) is 14.6 Å². The highest BCUT2D eigenvalue weighted by Crippen LogP contribution is 2.27. The lowest BCUT2D eigenvalue weighted by molar-refractivity contribution is -0.134. The van der Waals surface area contributed by atoms with Crippen LogP contribution in [0.5, 0.6) is 5.75 Å². The van der Waals surface area contributed by atoms with Gasteiger partial charge >= 0.3 is 0 Å². The van der Waals surface area contributed by atoms with Gasteiger partial charge in [-0.05, 0) is 35.6 Å². The minimum Gasteiger partial charge on any atom is -0.506 e. The fourth-order valence-electron chi connectivity index (χ4n) is 4.46. The highest BCUT2D eigenvalue weighted by molar-refractivity contribution is 5.95. The van der Waals surface area contributed by atoms with E-state index in [1.54, 1.807) is 4.90 Å². The fraction of sp³-hybridized carbons (Fsp3) is 0.296. The maximum atomic E-state index is 13.5. The van der Waals surface area contributed by atoms with Crippen LogP contribution in [0.3, 0.4) is 0 Å². The van der Waals surface area contributed by atoms with Gasteiger partial charge in [0, 0.05) is 32.4 Å². The molecule has 4 rings (SSSR count). The van der Waals surface area contributed by atoms with Gasteiger partial charge in [0.15, 0.2) is 0 Å². The third-order valence-electron chi connectivity index (χ3n) is 6.06. The first kappa shape index (κ1) is 22.5. The van der Waals surface area contributed by atoms with E-state index in [1.807, 2.05) is 35.2 Å². The van der Waals surface area contributed by atoms with Crippen LogP contribution < -0.4 is 0 Å². The molecule has 1 fully saturated rings. The Labute approximate surface area is 194 Å². The van der Waals surface area contributed by atoms with E-state index in [4.69, 9.17) is 0 Å². The highest BCUT2D eigenvalue weighted by Gasteiger charge is 2.33.